The number of likely N-dealkylation sites (N-methyl/N-ethyl adjacent to an activating group) is 1. The Hall–Kier alpha value is -0.650. The van der Waals surface area contributed by atoms with Crippen LogP contribution in [-0.2, 0) is 9.53 Å². The van der Waals surface area contributed by atoms with Gasteiger partial charge in [-0.2, -0.15) is 0 Å². The summed E-state index contributed by atoms with van der Waals surface area (Å²) in [6, 6.07) is 0. The highest BCUT2D eigenvalue weighted by Gasteiger charge is 2.23. The Balaban J connectivity index is 2.33. The van der Waals surface area contributed by atoms with E-state index in [0.717, 1.165) is 26.2 Å². The summed E-state index contributed by atoms with van der Waals surface area (Å²) in [5.74, 6) is 0.218. The van der Waals surface area contributed by atoms with Gasteiger partial charge in [0.05, 0.1) is 18.6 Å². The van der Waals surface area contributed by atoms with E-state index in [1.54, 1.807) is 0 Å². The van der Waals surface area contributed by atoms with Crippen molar-refractivity contribution in [3.63, 3.8) is 0 Å². The fraction of sp³-hybridized carbons (Fsp3) is 0.923. The van der Waals surface area contributed by atoms with Gasteiger partial charge in [-0.3, -0.25) is 9.69 Å². The van der Waals surface area contributed by atoms with Gasteiger partial charge in [-0.05, 0) is 12.5 Å². The van der Waals surface area contributed by atoms with Crippen molar-refractivity contribution in [1.29, 1.82) is 0 Å². The predicted octanol–water partition coefficient (Wildman–Crippen LogP) is 0.0542. The van der Waals surface area contributed by atoms with Crippen LogP contribution in [0.25, 0.3) is 0 Å². The number of nitrogens with two attached hydrogens (primary N) is 1. The number of amides is 1. The molecule has 1 aliphatic rings. The molecule has 0 aromatic carbocycles. The zero-order valence-electron chi connectivity index (χ0n) is 11.8. The van der Waals surface area contributed by atoms with Crippen LogP contribution in [0, 0.1) is 11.8 Å². The Morgan fingerprint density at radius 1 is 1.56 bits per heavy atom. The van der Waals surface area contributed by atoms with E-state index in [4.69, 9.17) is 10.5 Å². The van der Waals surface area contributed by atoms with Gasteiger partial charge in [-0.1, -0.05) is 20.8 Å². The lowest BCUT2D eigenvalue weighted by Crippen LogP contribution is -2.49. The van der Waals surface area contributed by atoms with Crippen LogP contribution in [0.3, 0.4) is 0 Å². The lowest BCUT2D eigenvalue weighted by Gasteiger charge is -2.32. The lowest BCUT2D eigenvalue weighted by molar-refractivity contribution is -0.127. The molecule has 1 fully saturated rings. The molecule has 5 nitrogen and oxygen atoms in total. The smallest absolute Gasteiger partial charge is 0.224 e. The number of rotatable bonds is 6. The van der Waals surface area contributed by atoms with Crippen LogP contribution in [0.15, 0.2) is 0 Å². The molecule has 0 aromatic rings. The largest absolute Gasteiger partial charge is 0.374 e. The van der Waals surface area contributed by atoms with Crippen LogP contribution in [-0.4, -0.2) is 56.2 Å². The van der Waals surface area contributed by atoms with Crippen LogP contribution >= 0.6 is 0 Å². The minimum atomic E-state index is -0.101. The third-order valence-electron chi connectivity index (χ3n) is 3.57. The molecule has 18 heavy (non-hydrogen) atoms. The highest BCUT2D eigenvalue weighted by Crippen LogP contribution is 2.09. The molecule has 2 atom stereocenters. The maximum absolute atomic E-state index is 11.9. The third-order valence-corrected chi connectivity index (χ3v) is 3.57. The summed E-state index contributed by atoms with van der Waals surface area (Å²) in [6.45, 7) is 10.8. The molecule has 2 unspecified atom stereocenters. The van der Waals surface area contributed by atoms with Crippen molar-refractivity contribution >= 4 is 5.91 Å². The molecule has 1 rings (SSSR count). The number of morpholine rings is 1. The predicted molar refractivity (Wildman–Crippen MR) is 72.2 cm³/mol. The minimum Gasteiger partial charge on any atom is -0.374 e. The zero-order chi connectivity index (χ0) is 13.5. The topological polar surface area (TPSA) is 67.6 Å². The Morgan fingerprint density at radius 3 is 2.83 bits per heavy atom. The van der Waals surface area contributed by atoms with Crippen molar-refractivity contribution in [1.82, 2.24) is 10.2 Å². The first-order chi connectivity index (χ1) is 8.58. The first-order valence-electron chi connectivity index (χ1n) is 6.90. The van der Waals surface area contributed by atoms with Crippen LogP contribution in [0.4, 0.5) is 0 Å². The molecular formula is C13H27N3O2. The zero-order valence-corrected chi connectivity index (χ0v) is 11.8. The van der Waals surface area contributed by atoms with E-state index in [1.165, 1.54) is 0 Å². The van der Waals surface area contributed by atoms with E-state index in [9.17, 15) is 4.79 Å². The van der Waals surface area contributed by atoms with E-state index in [2.05, 4.69) is 17.1 Å². The second-order valence-electron chi connectivity index (χ2n) is 5.22. The summed E-state index contributed by atoms with van der Waals surface area (Å²) >= 11 is 0. The molecule has 0 radical (unpaired) electrons. The summed E-state index contributed by atoms with van der Waals surface area (Å²) in [6.07, 6.45) is 0.105. The molecule has 5 heteroatoms. The van der Waals surface area contributed by atoms with Gasteiger partial charge in [0.2, 0.25) is 5.91 Å². The van der Waals surface area contributed by atoms with Gasteiger partial charge in [0.1, 0.15) is 0 Å². The first kappa shape index (κ1) is 15.4. The highest BCUT2D eigenvalue weighted by molar-refractivity contribution is 5.79. The standard InChI is InChI=1S/C13H27N3O2/c1-4-16-5-6-18-11(9-16)8-15-13(17)12(7-14)10(2)3/h10-12H,4-9,14H2,1-3H3,(H,15,17). The fourth-order valence-corrected chi connectivity index (χ4v) is 2.22. The third kappa shape index (κ3) is 4.55. The van der Waals surface area contributed by atoms with E-state index in [0.29, 0.717) is 13.1 Å². The van der Waals surface area contributed by atoms with Gasteiger partial charge in [0.25, 0.3) is 0 Å². The van der Waals surface area contributed by atoms with Crippen molar-refractivity contribution < 1.29 is 9.53 Å². The summed E-state index contributed by atoms with van der Waals surface area (Å²) in [5.41, 5.74) is 5.63. The molecule has 1 amide bonds. The SMILES string of the molecule is CCN1CCOC(CNC(=O)C(CN)C(C)C)C1. The second-order valence-corrected chi connectivity index (χ2v) is 5.22. The maximum Gasteiger partial charge on any atom is 0.224 e. The van der Waals surface area contributed by atoms with Gasteiger partial charge in [-0.25, -0.2) is 0 Å². The highest BCUT2D eigenvalue weighted by atomic mass is 16.5. The summed E-state index contributed by atoms with van der Waals surface area (Å²) in [4.78, 5) is 14.3. The molecule has 1 heterocycles. The van der Waals surface area contributed by atoms with Crippen molar-refractivity contribution in [3.8, 4) is 0 Å². The number of ether oxygens (including phenoxy) is 1. The quantitative estimate of drug-likeness (QED) is 0.706. The molecule has 1 aliphatic heterocycles. The molecule has 0 spiro atoms. The number of carbonyl (C=O) groups excluding carboxylic acids is 1. The van der Waals surface area contributed by atoms with E-state index in [1.807, 2.05) is 13.8 Å². The monoisotopic (exact) mass is 257 g/mol. The van der Waals surface area contributed by atoms with Gasteiger partial charge in [0, 0.05) is 26.2 Å². The van der Waals surface area contributed by atoms with Crippen LogP contribution in [0.1, 0.15) is 20.8 Å². The Morgan fingerprint density at radius 2 is 2.28 bits per heavy atom. The Bertz CT molecular complexity index is 259. The summed E-state index contributed by atoms with van der Waals surface area (Å²) < 4.78 is 5.65. The molecule has 106 valence electrons. The number of nitrogens with zero attached hydrogens (tertiary/aromatic N) is 1. The summed E-state index contributed by atoms with van der Waals surface area (Å²) in [7, 11) is 0. The van der Waals surface area contributed by atoms with Crippen molar-refractivity contribution in [2.45, 2.75) is 26.9 Å². The molecule has 0 aromatic heterocycles. The van der Waals surface area contributed by atoms with Crippen molar-refractivity contribution in [3.05, 3.63) is 0 Å². The first-order valence-corrected chi connectivity index (χ1v) is 6.90. The van der Waals surface area contributed by atoms with Gasteiger partial charge >= 0.3 is 0 Å². The van der Waals surface area contributed by atoms with E-state index < -0.39 is 0 Å². The Labute approximate surface area is 110 Å². The average molecular weight is 257 g/mol. The minimum absolute atomic E-state index is 0.0460. The van der Waals surface area contributed by atoms with Crippen LogP contribution in [0.2, 0.25) is 0 Å². The normalized spacial score (nSPS) is 23.1. The summed E-state index contributed by atoms with van der Waals surface area (Å²) in [5, 5.41) is 2.96. The lowest BCUT2D eigenvalue weighted by atomic mass is 9.95. The molecule has 3 N–H and O–H groups in total. The number of carbonyl (C=O) groups is 1. The molecule has 0 bridgehead atoms. The fourth-order valence-electron chi connectivity index (χ4n) is 2.22. The van der Waals surface area contributed by atoms with E-state index in [-0.39, 0.29) is 23.8 Å². The molecule has 0 saturated carbocycles. The van der Waals surface area contributed by atoms with Crippen molar-refractivity contribution in [2.75, 3.05) is 39.3 Å². The Kier molecular flexibility index (Phi) is 6.60. The number of hydrogen-bond acceptors (Lipinski definition) is 4. The number of nitrogens with one attached hydrogen (secondary N) is 1. The second kappa shape index (κ2) is 7.71. The molecule has 0 aliphatic carbocycles. The van der Waals surface area contributed by atoms with Gasteiger partial charge < -0.3 is 15.8 Å². The van der Waals surface area contributed by atoms with E-state index >= 15 is 0 Å². The van der Waals surface area contributed by atoms with Gasteiger partial charge in [0.15, 0.2) is 0 Å². The maximum atomic E-state index is 11.9. The average Bonchev–Trinajstić information content (AvgIpc) is 2.37. The van der Waals surface area contributed by atoms with Crippen molar-refractivity contribution in [2.24, 2.45) is 17.6 Å². The molecular weight excluding hydrogens is 230 g/mol. The van der Waals surface area contributed by atoms with Crippen LogP contribution in [0.5, 0.6) is 0 Å². The van der Waals surface area contributed by atoms with Crippen LogP contribution < -0.4 is 11.1 Å². The molecule has 1 saturated heterocycles. The van der Waals surface area contributed by atoms with Gasteiger partial charge in [-0.15, -0.1) is 0 Å². The number of hydrogen-bond donors (Lipinski definition) is 2.